The zero-order chi connectivity index (χ0) is 19.4. The summed E-state index contributed by atoms with van der Waals surface area (Å²) in [7, 11) is 0. The fourth-order valence-electron chi connectivity index (χ4n) is 2.76. The SMILES string of the molecule is Cc1nc(Nc2cccc(F)c2)cc(C(=O)Nc2ccccc2C(C)C)n1. The highest BCUT2D eigenvalue weighted by Gasteiger charge is 2.14. The van der Waals surface area contributed by atoms with Gasteiger partial charge in [-0.05, 0) is 42.7 Å². The predicted molar refractivity (Wildman–Crippen MR) is 105 cm³/mol. The van der Waals surface area contributed by atoms with Crippen molar-refractivity contribution in [2.24, 2.45) is 0 Å². The van der Waals surface area contributed by atoms with Crippen LogP contribution in [0.4, 0.5) is 21.6 Å². The van der Waals surface area contributed by atoms with E-state index >= 15 is 0 Å². The van der Waals surface area contributed by atoms with Crippen molar-refractivity contribution in [2.75, 3.05) is 10.6 Å². The lowest BCUT2D eigenvalue weighted by Crippen LogP contribution is -2.16. The standard InChI is InChI=1S/C21H21FN4O/c1-13(2)17-9-4-5-10-18(17)26-21(27)19-12-20(24-14(3)23-19)25-16-8-6-7-15(22)11-16/h4-13H,1-3H3,(H,26,27)(H,23,24,25). The van der Waals surface area contributed by atoms with Gasteiger partial charge < -0.3 is 10.6 Å². The van der Waals surface area contributed by atoms with Crippen LogP contribution in [0.3, 0.4) is 0 Å². The summed E-state index contributed by atoms with van der Waals surface area (Å²) in [5, 5.41) is 5.92. The van der Waals surface area contributed by atoms with E-state index in [1.807, 2.05) is 24.3 Å². The third-order valence-electron chi connectivity index (χ3n) is 4.00. The molecule has 0 aliphatic heterocycles. The average molecular weight is 364 g/mol. The van der Waals surface area contributed by atoms with Gasteiger partial charge >= 0.3 is 0 Å². The van der Waals surface area contributed by atoms with Crippen LogP contribution in [-0.2, 0) is 0 Å². The van der Waals surface area contributed by atoms with Gasteiger partial charge in [-0.2, -0.15) is 0 Å². The highest BCUT2D eigenvalue weighted by atomic mass is 19.1. The number of amides is 1. The maximum Gasteiger partial charge on any atom is 0.274 e. The smallest absolute Gasteiger partial charge is 0.274 e. The van der Waals surface area contributed by atoms with Crippen molar-refractivity contribution < 1.29 is 9.18 Å². The summed E-state index contributed by atoms with van der Waals surface area (Å²) in [6.07, 6.45) is 0. The Morgan fingerprint density at radius 3 is 2.56 bits per heavy atom. The highest BCUT2D eigenvalue weighted by molar-refractivity contribution is 6.03. The summed E-state index contributed by atoms with van der Waals surface area (Å²) < 4.78 is 13.4. The molecule has 0 fully saturated rings. The average Bonchev–Trinajstić information content (AvgIpc) is 2.61. The summed E-state index contributed by atoms with van der Waals surface area (Å²) in [6.45, 7) is 5.84. The van der Waals surface area contributed by atoms with Crippen LogP contribution in [0.1, 0.15) is 41.6 Å². The van der Waals surface area contributed by atoms with Crippen LogP contribution in [0.2, 0.25) is 0 Å². The van der Waals surface area contributed by atoms with Gasteiger partial charge in [0.1, 0.15) is 23.2 Å². The molecule has 6 heteroatoms. The number of para-hydroxylation sites is 1. The normalized spacial score (nSPS) is 10.7. The molecule has 0 saturated heterocycles. The van der Waals surface area contributed by atoms with Gasteiger partial charge in [0.25, 0.3) is 5.91 Å². The molecule has 0 saturated carbocycles. The molecule has 27 heavy (non-hydrogen) atoms. The minimum Gasteiger partial charge on any atom is -0.340 e. The molecule has 1 aromatic heterocycles. The summed E-state index contributed by atoms with van der Waals surface area (Å²) >= 11 is 0. The molecule has 1 amide bonds. The zero-order valence-electron chi connectivity index (χ0n) is 15.5. The molecule has 138 valence electrons. The predicted octanol–water partition coefficient (Wildman–Crippen LogP) is 5.04. The topological polar surface area (TPSA) is 66.9 Å². The quantitative estimate of drug-likeness (QED) is 0.665. The minimum absolute atomic E-state index is 0.236. The maximum absolute atomic E-state index is 13.4. The van der Waals surface area contributed by atoms with E-state index in [0.29, 0.717) is 17.3 Å². The van der Waals surface area contributed by atoms with E-state index in [4.69, 9.17) is 0 Å². The van der Waals surface area contributed by atoms with Gasteiger partial charge in [-0.25, -0.2) is 14.4 Å². The summed E-state index contributed by atoms with van der Waals surface area (Å²) in [6, 6.07) is 15.3. The number of carbonyl (C=O) groups is 1. The number of nitrogens with one attached hydrogen (secondary N) is 2. The van der Waals surface area contributed by atoms with E-state index in [1.54, 1.807) is 25.1 Å². The minimum atomic E-state index is -0.353. The first-order chi connectivity index (χ1) is 12.9. The Balaban J connectivity index is 1.84. The first kappa shape index (κ1) is 18.5. The van der Waals surface area contributed by atoms with Crippen LogP contribution < -0.4 is 10.6 Å². The van der Waals surface area contributed by atoms with Gasteiger partial charge in [-0.15, -0.1) is 0 Å². The lowest BCUT2D eigenvalue weighted by Gasteiger charge is -2.14. The number of benzene rings is 2. The van der Waals surface area contributed by atoms with Gasteiger partial charge in [0, 0.05) is 17.4 Å². The largest absolute Gasteiger partial charge is 0.340 e. The van der Waals surface area contributed by atoms with Crippen LogP contribution in [0, 0.1) is 12.7 Å². The fourth-order valence-corrected chi connectivity index (χ4v) is 2.76. The maximum atomic E-state index is 13.4. The number of rotatable bonds is 5. The van der Waals surface area contributed by atoms with E-state index in [0.717, 1.165) is 11.3 Å². The summed E-state index contributed by atoms with van der Waals surface area (Å²) in [4.78, 5) is 21.2. The molecule has 2 N–H and O–H groups in total. The molecule has 5 nitrogen and oxygen atoms in total. The molecule has 1 heterocycles. The van der Waals surface area contributed by atoms with Crippen molar-refractivity contribution in [1.82, 2.24) is 9.97 Å². The Kier molecular flexibility index (Phi) is 5.45. The van der Waals surface area contributed by atoms with E-state index in [9.17, 15) is 9.18 Å². The Hall–Kier alpha value is -3.28. The molecular weight excluding hydrogens is 343 g/mol. The molecule has 0 radical (unpaired) electrons. The van der Waals surface area contributed by atoms with Crippen molar-refractivity contribution in [2.45, 2.75) is 26.7 Å². The first-order valence-corrected chi connectivity index (χ1v) is 8.71. The van der Waals surface area contributed by atoms with Crippen molar-refractivity contribution in [3.63, 3.8) is 0 Å². The Morgan fingerprint density at radius 1 is 1.04 bits per heavy atom. The van der Waals surface area contributed by atoms with Gasteiger partial charge in [0.05, 0.1) is 0 Å². The second kappa shape index (κ2) is 7.95. The fraction of sp³-hybridized carbons (Fsp3) is 0.190. The molecule has 0 bridgehead atoms. The molecule has 3 rings (SSSR count). The lowest BCUT2D eigenvalue weighted by molar-refractivity contribution is 0.102. The summed E-state index contributed by atoms with van der Waals surface area (Å²) in [5.74, 6) is 0.470. The molecule has 0 aliphatic rings. The van der Waals surface area contributed by atoms with Crippen molar-refractivity contribution in [3.8, 4) is 0 Å². The highest BCUT2D eigenvalue weighted by Crippen LogP contribution is 2.24. The number of hydrogen-bond donors (Lipinski definition) is 2. The van der Waals surface area contributed by atoms with Gasteiger partial charge in [0.2, 0.25) is 0 Å². The van der Waals surface area contributed by atoms with Gasteiger partial charge in [-0.3, -0.25) is 4.79 Å². The van der Waals surface area contributed by atoms with Crippen LogP contribution in [0.5, 0.6) is 0 Å². The molecule has 3 aromatic rings. The van der Waals surface area contributed by atoms with Gasteiger partial charge in [0.15, 0.2) is 0 Å². The third kappa shape index (κ3) is 4.67. The lowest BCUT2D eigenvalue weighted by atomic mass is 10.0. The second-order valence-electron chi connectivity index (χ2n) is 6.52. The van der Waals surface area contributed by atoms with E-state index < -0.39 is 0 Å². The Morgan fingerprint density at radius 2 is 1.81 bits per heavy atom. The number of halogens is 1. The first-order valence-electron chi connectivity index (χ1n) is 8.71. The van der Waals surface area contributed by atoms with Crippen LogP contribution in [0.15, 0.2) is 54.6 Å². The molecular formula is C21H21FN4O. The zero-order valence-corrected chi connectivity index (χ0v) is 15.5. The van der Waals surface area contributed by atoms with Crippen LogP contribution >= 0.6 is 0 Å². The Labute approximate surface area is 157 Å². The summed E-state index contributed by atoms with van der Waals surface area (Å²) in [5.41, 5.74) is 2.59. The van der Waals surface area contributed by atoms with E-state index in [2.05, 4.69) is 34.4 Å². The van der Waals surface area contributed by atoms with Crippen molar-refractivity contribution >= 4 is 23.1 Å². The van der Waals surface area contributed by atoms with Crippen LogP contribution in [0.25, 0.3) is 0 Å². The number of aromatic nitrogens is 2. The van der Waals surface area contributed by atoms with E-state index in [-0.39, 0.29) is 23.3 Å². The van der Waals surface area contributed by atoms with Crippen molar-refractivity contribution in [1.29, 1.82) is 0 Å². The number of carbonyl (C=O) groups excluding carboxylic acids is 1. The second-order valence-corrected chi connectivity index (χ2v) is 6.52. The van der Waals surface area contributed by atoms with Crippen molar-refractivity contribution in [3.05, 3.63) is 77.5 Å². The number of hydrogen-bond acceptors (Lipinski definition) is 4. The van der Waals surface area contributed by atoms with Gasteiger partial charge in [-0.1, -0.05) is 38.1 Å². The monoisotopic (exact) mass is 364 g/mol. The van der Waals surface area contributed by atoms with E-state index in [1.165, 1.54) is 12.1 Å². The van der Waals surface area contributed by atoms with Crippen LogP contribution in [-0.4, -0.2) is 15.9 Å². The number of aryl methyl sites for hydroxylation is 1. The Bertz CT molecular complexity index is 972. The number of anilines is 3. The molecule has 0 spiro atoms. The molecule has 0 aliphatic carbocycles. The molecule has 0 atom stereocenters. The molecule has 0 unspecified atom stereocenters. The number of nitrogens with zero attached hydrogens (tertiary/aromatic N) is 2. The molecule has 2 aromatic carbocycles. The third-order valence-corrected chi connectivity index (χ3v) is 4.00.